The van der Waals surface area contributed by atoms with Gasteiger partial charge in [-0.15, -0.1) is 0 Å². The fourth-order valence-electron chi connectivity index (χ4n) is 5.31. The Labute approximate surface area is 222 Å². The van der Waals surface area contributed by atoms with E-state index >= 15 is 0 Å². The number of nitrogens with zero attached hydrogens (tertiary/aromatic N) is 6. The summed E-state index contributed by atoms with van der Waals surface area (Å²) in [5.74, 6) is 1.10. The number of aromatic nitrogens is 4. The van der Waals surface area contributed by atoms with Crippen LogP contribution in [0.3, 0.4) is 0 Å². The first-order chi connectivity index (χ1) is 18.6. The second-order valence-electron chi connectivity index (χ2n) is 10.1. The van der Waals surface area contributed by atoms with Crippen LogP contribution in [-0.2, 0) is 18.3 Å². The highest BCUT2D eigenvalue weighted by Crippen LogP contribution is 2.29. The first-order valence-electron chi connectivity index (χ1n) is 13.4. The Hall–Kier alpha value is -3.82. The number of pyridine rings is 2. The maximum absolute atomic E-state index is 13.1. The van der Waals surface area contributed by atoms with Crippen LogP contribution in [0.1, 0.15) is 35.3 Å². The molecule has 5 heterocycles. The normalized spacial score (nSPS) is 16.6. The molecule has 0 aliphatic carbocycles. The number of morpholine rings is 1. The van der Waals surface area contributed by atoms with Gasteiger partial charge in [0.2, 0.25) is 0 Å². The maximum atomic E-state index is 13.1. The monoisotopic (exact) mass is 511 g/mol. The van der Waals surface area contributed by atoms with Crippen LogP contribution in [0.4, 0.5) is 11.6 Å². The predicted octanol–water partition coefficient (Wildman–Crippen LogP) is 4.11. The number of ether oxygens (including phenoxy) is 1. The van der Waals surface area contributed by atoms with Gasteiger partial charge in [0.05, 0.1) is 25.1 Å². The molecule has 196 valence electrons. The summed E-state index contributed by atoms with van der Waals surface area (Å²) in [6.45, 7) is 6.05. The Kier molecular flexibility index (Phi) is 7.02. The van der Waals surface area contributed by atoms with E-state index in [2.05, 4.69) is 48.4 Å². The first-order valence-corrected chi connectivity index (χ1v) is 13.4. The van der Waals surface area contributed by atoms with Crippen molar-refractivity contribution < 1.29 is 9.53 Å². The molecule has 1 N–H and O–H groups in total. The fourth-order valence-corrected chi connectivity index (χ4v) is 5.31. The molecule has 0 radical (unpaired) electrons. The van der Waals surface area contributed by atoms with Gasteiger partial charge in [-0.3, -0.25) is 14.4 Å². The summed E-state index contributed by atoms with van der Waals surface area (Å²) in [6, 6.07) is 11.9. The van der Waals surface area contributed by atoms with Crippen molar-refractivity contribution in [3.05, 3.63) is 66.2 Å². The number of benzene rings is 1. The van der Waals surface area contributed by atoms with Gasteiger partial charge in [0, 0.05) is 55.6 Å². The lowest BCUT2D eigenvalue weighted by atomic mass is 10.0. The average molecular weight is 512 g/mol. The number of anilines is 2. The minimum atomic E-state index is -0.207. The smallest absolute Gasteiger partial charge is 0.257 e. The van der Waals surface area contributed by atoms with E-state index in [-0.39, 0.29) is 5.91 Å². The first kappa shape index (κ1) is 24.5. The number of amides is 1. The van der Waals surface area contributed by atoms with Crippen LogP contribution >= 0.6 is 0 Å². The highest BCUT2D eigenvalue weighted by Gasteiger charge is 2.18. The summed E-state index contributed by atoms with van der Waals surface area (Å²) in [7, 11) is 2.02. The molecule has 0 spiro atoms. The van der Waals surface area contributed by atoms with Gasteiger partial charge >= 0.3 is 0 Å². The molecule has 2 saturated heterocycles. The lowest BCUT2D eigenvalue weighted by Gasteiger charge is -2.27. The molecular formula is C29H33N7O2. The van der Waals surface area contributed by atoms with E-state index in [9.17, 15) is 4.79 Å². The van der Waals surface area contributed by atoms with E-state index in [4.69, 9.17) is 4.74 Å². The van der Waals surface area contributed by atoms with Crippen molar-refractivity contribution >= 4 is 28.3 Å². The highest BCUT2D eigenvalue weighted by molar-refractivity contribution is 6.05. The van der Waals surface area contributed by atoms with Crippen LogP contribution in [0.15, 0.2) is 55.0 Å². The number of carbonyl (C=O) groups is 1. The summed E-state index contributed by atoms with van der Waals surface area (Å²) in [5, 5.41) is 9.58. The van der Waals surface area contributed by atoms with Crippen LogP contribution in [0, 0.1) is 0 Å². The molecule has 0 saturated carbocycles. The zero-order chi connectivity index (χ0) is 25.9. The minimum absolute atomic E-state index is 0.207. The number of nitrogens with one attached hydrogen (secondary N) is 1. The van der Waals surface area contributed by atoms with Crippen molar-refractivity contribution in [1.29, 1.82) is 0 Å². The Morgan fingerprint density at radius 1 is 0.947 bits per heavy atom. The largest absolute Gasteiger partial charge is 0.378 e. The lowest BCUT2D eigenvalue weighted by Crippen LogP contribution is -2.36. The molecule has 9 nitrogen and oxygen atoms in total. The summed E-state index contributed by atoms with van der Waals surface area (Å²) < 4.78 is 7.42. The van der Waals surface area contributed by atoms with E-state index in [1.54, 1.807) is 18.5 Å². The highest BCUT2D eigenvalue weighted by atomic mass is 16.5. The van der Waals surface area contributed by atoms with E-state index in [1.807, 2.05) is 30.1 Å². The third-order valence-electron chi connectivity index (χ3n) is 7.50. The van der Waals surface area contributed by atoms with Crippen molar-refractivity contribution in [1.82, 2.24) is 24.6 Å². The lowest BCUT2D eigenvalue weighted by molar-refractivity contribution is 0.102. The molecule has 0 bridgehead atoms. The van der Waals surface area contributed by atoms with Crippen molar-refractivity contribution in [2.75, 3.05) is 49.6 Å². The molecule has 0 unspecified atom stereocenters. The van der Waals surface area contributed by atoms with Crippen molar-refractivity contribution in [3.63, 3.8) is 0 Å². The number of aryl methyl sites for hydroxylation is 1. The zero-order valence-corrected chi connectivity index (χ0v) is 21.8. The van der Waals surface area contributed by atoms with Crippen LogP contribution in [0.5, 0.6) is 0 Å². The summed E-state index contributed by atoms with van der Waals surface area (Å²) >= 11 is 0. The fraction of sp³-hybridized carbons (Fsp3) is 0.379. The van der Waals surface area contributed by atoms with Crippen LogP contribution in [-0.4, -0.2) is 69.9 Å². The second-order valence-corrected chi connectivity index (χ2v) is 10.1. The molecule has 2 aliphatic heterocycles. The molecular weight excluding hydrogens is 478 g/mol. The van der Waals surface area contributed by atoms with Gasteiger partial charge in [-0.1, -0.05) is 18.6 Å². The molecule has 9 heteroatoms. The Morgan fingerprint density at radius 3 is 2.63 bits per heavy atom. The van der Waals surface area contributed by atoms with Crippen LogP contribution in [0.25, 0.3) is 21.9 Å². The summed E-state index contributed by atoms with van der Waals surface area (Å²) in [5.41, 5.74) is 4.04. The van der Waals surface area contributed by atoms with Crippen molar-refractivity contribution in [3.8, 4) is 11.1 Å². The molecule has 4 aromatic rings. The predicted molar refractivity (Wildman–Crippen MR) is 148 cm³/mol. The van der Waals surface area contributed by atoms with Gasteiger partial charge < -0.3 is 15.0 Å². The van der Waals surface area contributed by atoms with Gasteiger partial charge in [-0.05, 0) is 61.1 Å². The summed E-state index contributed by atoms with van der Waals surface area (Å²) in [4.78, 5) is 26.7. The van der Waals surface area contributed by atoms with Gasteiger partial charge in [0.25, 0.3) is 5.91 Å². The van der Waals surface area contributed by atoms with E-state index < -0.39 is 0 Å². The Morgan fingerprint density at radius 2 is 1.79 bits per heavy atom. The number of piperidine rings is 1. The number of carbonyl (C=O) groups excluding carboxylic acids is 1. The van der Waals surface area contributed by atoms with Crippen LogP contribution in [0.2, 0.25) is 0 Å². The molecule has 1 aromatic carbocycles. The summed E-state index contributed by atoms with van der Waals surface area (Å²) in [6.07, 6.45) is 9.28. The van der Waals surface area contributed by atoms with E-state index in [0.717, 1.165) is 60.4 Å². The Bertz CT molecular complexity index is 1440. The van der Waals surface area contributed by atoms with E-state index in [1.165, 1.54) is 25.0 Å². The molecule has 2 fully saturated rings. The minimum Gasteiger partial charge on any atom is -0.378 e. The average Bonchev–Trinajstić information content (AvgIpc) is 3.33. The standard InChI is InChI=1S/C29H33N7O2/c1-34-26(20-35-9-3-2-4-10-35)25(19-32-34)21-5-6-23-18-31-27(16-24(23)15-21)33-29(37)22-7-8-30-28(17-22)36-11-13-38-14-12-36/h5-8,15-19H,2-4,9-14,20H2,1H3,(H,31,33,37). The topological polar surface area (TPSA) is 88.4 Å². The van der Waals surface area contributed by atoms with Crippen molar-refractivity contribution in [2.24, 2.45) is 7.05 Å². The third kappa shape index (κ3) is 5.25. The van der Waals surface area contributed by atoms with Crippen molar-refractivity contribution in [2.45, 2.75) is 25.8 Å². The molecule has 0 atom stereocenters. The number of hydrogen-bond donors (Lipinski definition) is 1. The quantitative estimate of drug-likeness (QED) is 0.417. The van der Waals surface area contributed by atoms with Gasteiger partial charge in [0.1, 0.15) is 11.6 Å². The zero-order valence-electron chi connectivity index (χ0n) is 21.8. The number of hydrogen-bond acceptors (Lipinski definition) is 7. The number of fused-ring (bicyclic) bond motifs is 1. The molecule has 2 aliphatic rings. The molecule has 38 heavy (non-hydrogen) atoms. The van der Waals surface area contributed by atoms with E-state index in [0.29, 0.717) is 24.6 Å². The van der Waals surface area contributed by atoms with Gasteiger partial charge in [-0.2, -0.15) is 5.10 Å². The third-order valence-corrected chi connectivity index (χ3v) is 7.50. The molecule has 3 aromatic heterocycles. The van der Waals surface area contributed by atoms with Gasteiger partial charge in [-0.25, -0.2) is 9.97 Å². The molecule has 6 rings (SSSR count). The van der Waals surface area contributed by atoms with Gasteiger partial charge in [0.15, 0.2) is 0 Å². The maximum Gasteiger partial charge on any atom is 0.257 e. The SMILES string of the molecule is Cn1ncc(-c2ccc3cnc(NC(=O)c4ccnc(N5CCOCC5)c4)cc3c2)c1CN1CCCCC1. The second kappa shape index (κ2) is 10.9. The molecule has 1 amide bonds. The number of rotatable bonds is 6. The number of likely N-dealkylation sites (tertiary alicyclic amines) is 1. The Balaban J connectivity index is 1.22. The van der Waals surface area contributed by atoms with Crippen LogP contribution < -0.4 is 10.2 Å².